The van der Waals surface area contributed by atoms with Crippen LogP contribution in [0.5, 0.6) is 5.75 Å². The van der Waals surface area contributed by atoms with Gasteiger partial charge < -0.3 is 15.3 Å². The maximum atomic E-state index is 14.5. The number of fused-ring (bicyclic) bond motifs is 5. The fourth-order valence-electron chi connectivity index (χ4n) is 7.15. The first kappa shape index (κ1) is 24.7. The van der Waals surface area contributed by atoms with Crippen molar-refractivity contribution in [3.63, 3.8) is 0 Å². The maximum absolute atomic E-state index is 14.5. The van der Waals surface area contributed by atoms with Gasteiger partial charge in [0.15, 0.2) is 16.7 Å². The topological polar surface area (TPSA) is 83.8 Å². The van der Waals surface area contributed by atoms with E-state index in [4.69, 9.17) is 4.84 Å². The monoisotopic (exact) mass is 563 g/mol. The highest BCUT2D eigenvalue weighted by molar-refractivity contribution is 9.10. The van der Waals surface area contributed by atoms with E-state index in [9.17, 15) is 14.3 Å². The number of carbonyl (C=O) groups is 1. The Bertz CT molecular complexity index is 1180. The summed E-state index contributed by atoms with van der Waals surface area (Å²) >= 11 is 4.92. The lowest BCUT2D eigenvalue weighted by atomic mass is 9.54. The Balaban J connectivity index is 1.41. The number of benzene rings is 1. The van der Waals surface area contributed by atoms with E-state index in [1.807, 2.05) is 6.92 Å². The molecule has 1 aromatic carbocycles. The SMILES string of the molecule is CO/N=C1\CC(CCC(=O)Nc2ncc(C)s2)C2C3CCc4c(cc(F)c(O)c4Br)C3CCC12C. The number of halogens is 2. The summed E-state index contributed by atoms with van der Waals surface area (Å²) in [5.41, 5.74) is 3.06. The normalized spacial score (nSPS) is 30.5. The number of carbonyl (C=O) groups excluding carboxylic acids is 1. The Hall–Kier alpha value is -2.00. The van der Waals surface area contributed by atoms with Crippen LogP contribution in [0.3, 0.4) is 0 Å². The van der Waals surface area contributed by atoms with Crippen LogP contribution in [0.4, 0.5) is 9.52 Å². The lowest BCUT2D eigenvalue weighted by molar-refractivity contribution is -0.116. The summed E-state index contributed by atoms with van der Waals surface area (Å²) in [5.74, 6) is 0.379. The van der Waals surface area contributed by atoms with Gasteiger partial charge in [-0.25, -0.2) is 9.37 Å². The molecule has 0 radical (unpaired) electrons. The van der Waals surface area contributed by atoms with Gasteiger partial charge in [-0.15, -0.1) is 11.3 Å². The van der Waals surface area contributed by atoms with E-state index in [-0.39, 0.29) is 23.0 Å². The zero-order chi connectivity index (χ0) is 24.9. The molecule has 188 valence electrons. The summed E-state index contributed by atoms with van der Waals surface area (Å²) in [6.07, 6.45) is 7.44. The number of phenolic OH excluding ortho intramolecular Hbond substituents is 1. The molecule has 1 aromatic heterocycles. The standard InChI is InChI=1S/C26H31BrFN3O3S/c1-13-12-29-25(35-13)30-21(32)7-4-14-10-20(31-34-3)26(2)9-8-15-16(22(14)26)5-6-17-18(15)11-19(28)24(33)23(17)27/h11-12,14-16,22,33H,4-10H2,1-3H3,(H,29,30,32)/b31-20+. The van der Waals surface area contributed by atoms with Crippen molar-refractivity contribution in [3.05, 3.63) is 38.6 Å². The van der Waals surface area contributed by atoms with Gasteiger partial charge in [0.25, 0.3) is 0 Å². The molecule has 6 nitrogen and oxygen atoms in total. The quantitative estimate of drug-likeness (QED) is 0.403. The smallest absolute Gasteiger partial charge is 0.226 e. The summed E-state index contributed by atoms with van der Waals surface area (Å²) in [4.78, 5) is 23.3. The third-order valence-electron chi connectivity index (χ3n) is 8.58. The van der Waals surface area contributed by atoms with Crippen LogP contribution >= 0.6 is 27.3 Å². The Morgan fingerprint density at radius 3 is 2.97 bits per heavy atom. The lowest BCUT2D eigenvalue weighted by Crippen LogP contribution is -2.44. The van der Waals surface area contributed by atoms with Gasteiger partial charge in [-0.2, -0.15) is 0 Å². The minimum Gasteiger partial charge on any atom is -0.504 e. The van der Waals surface area contributed by atoms with Crippen molar-refractivity contribution >= 4 is 44.0 Å². The minimum atomic E-state index is -0.566. The number of oxime groups is 1. The molecule has 5 unspecified atom stereocenters. The van der Waals surface area contributed by atoms with Gasteiger partial charge in [-0.1, -0.05) is 12.1 Å². The average molecular weight is 565 g/mol. The first-order valence-corrected chi connectivity index (χ1v) is 13.9. The van der Waals surface area contributed by atoms with Crippen LogP contribution in [-0.4, -0.2) is 28.8 Å². The van der Waals surface area contributed by atoms with Crippen molar-refractivity contribution < 1.29 is 19.1 Å². The summed E-state index contributed by atoms with van der Waals surface area (Å²) in [6.45, 7) is 4.27. The number of hydrogen-bond donors (Lipinski definition) is 2. The number of anilines is 1. The molecule has 3 aliphatic rings. The predicted octanol–water partition coefficient (Wildman–Crippen LogP) is 6.56. The fraction of sp³-hybridized carbons (Fsp3) is 0.577. The minimum absolute atomic E-state index is 0.0130. The molecular formula is C26H31BrFN3O3S. The number of hydrogen-bond acceptors (Lipinski definition) is 6. The fourth-order valence-corrected chi connectivity index (χ4v) is 8.44. The van der Waals surface area contributed by atoms with E-state index in [0.29, 0.717) is 33.8 Å². The van der Waals surface area contributed by atoms with Crippen LogP contribution < -0.4 is 5.32 Å². The number of amides is 1. The van der Waals surface area contributed by atoms with Crippen LogP contribution in [0.1, 0.15) is 67.4 Å². The maximum Gasteiger partial charge on any atom is 0.226 e. The van der Waals surface area contributed by atoms with Crippen LogP contribution in [-0.2, 0) is 16.1 Å². The zero-order valence-corrected chi connectivity index (χ0v) is 22.6. The number of rotatable bonds is 5. The highest BCUT2D eigenvalue weighted by atomic mass is 79.9. The second-order valence-electron chi connectivity index (χ2n) is 10.4. The molecule has 0 saturated heterocycles. The van der Waals surface area contributed by atoms with Crippen molar-refractivity contribution in [2.75, 3.05) is 12.4 Å². The molecule has 0 aliphatic heterocycles. The average Bonchev–Trinajstić information content (AvgIpc) is 3.36. The van der Waals surface area contributed by atoms with Crippen molar-refractivity contribution in [3.8, 4) is 5.75 Å². The lowest BCUT2D eigenvalue weighted by Gasteiger charge is -2.50. The third-order valence-corrected chi connectivity index (χ3v) is 10.3. The molecule has 0 bridgehead atoms. The molecule has 35 heavy (non-hydrogen) atoms. The van der Waals surface area contributed by atoms with Crippen molar-refractivity contribution in [1.82, 2.24) is 4.98 Å². The molecule has 0 spiro atoms. The van der Waals surface area contributed by atoms with Gasteiger partial charge in [0.05, 0.1) is 10.2 Å². The Kier molecular flexibility index (Phi) is 6.68. The number of aromatic hydroxyl groups is 1. The van der Waals surface area contributed by atoms with E-state index in [1.165, 1.54) is 11.3 Å². The van der Waals surface area contributed by atoms with E-state index in [2.05, 4.69) is 38.3 Å². The number of aromatic nitrogens is 1. The molecule has 5 atom stereocenters. The molecule has 1 heterocycles. The zero-order valence-electron chi connectivity index (χ0n) is 20.2. The van der Waals surface area contributed by atoms with E-state index in [1.54, 1.807) is 19.4 Å². The van der Waals surface area contributed by atoms with Crippen LogP contribution in [0, 0.1) is 35.9 Å². The summed E-state index contributed by atoms with van der Waals surface area (Å²) < 4.78 is 15.0. The van der Waals surface area contributed by atoms with E-state index in [0.717, 1.165) is 60.2 Å². The van der Waals surface area contributed by atoms with Crippen molar-refractivity contribution in [1.29, 1.82) is 0 Å². The van der Waals surface area contributed by atoms with Gasteiger partial charge in [0.2, 0.25) is 5.91 Å². The first-order valence-electron chi connectivity index (χ1n) is 12.3. The molecule has 5 rings (SSSR count). The number of aryl methyl sites for hydroxylation is 1. The molecule has 9 heteroatoms. The largest absolute Gasteiger partial charge is 0.504 e. The predicted molar refractivity (Wildman–Crippen MR) is 138 cm³/mol. The molecule has 2 N–H and O–H groups in total. The van der Waals surface area contributed by atoms with Crippen molar-refractivity contribution in [2.45, 2.75) is 64.7 Å². The van der Waals surface area contributed by atoms with Gasteiger partial charge >= 0.3 is 0 Å². The Morgan fingerprint density at radius 1 is 1.46 bits per heavy atom. The van der Waals surface area contributed by atoms with Gasteiger partial charge in [-0.3, -0.25) is 4.79 Å². The highest BCUT2D eigenvalue weighted by Gasteiger charge is 2.57. The number of thiazole rings is 1. The summed E-state index contributed by atoms with van der Waals surface area (Å²) in [5, 5.41) is 18.2. The third kappa shape index (κ3) is 4.28. The summed E-state index contributed by atoms with van der Waals surface area (Å²) in [6, 6.07) is 1.55. The molecular weight excluding hydrogens is 533 g/mol. The van der Waals surface area contributed by atoms with E-state index >= 15 is 0 Å². The molecule has 3 aliphatic carbocycles. The number of nitrogens with zero attached hydrogens (tertiary/aromatic N) is 2. The van der Waals surface area contributed by atoms with Gasteiger partial charge in [-0.05, 0) is 102 Å². The highest BCUT2D eigenvalue weighted by Crippen LogP contribution is 2.63. The van der Waals surface area contributed by atoms with Crippen LogP contribution in [0.2, 0.25) is 0 Å². The van der Waals surface area contributed by atoms with Crippen LogP contribution in [0.15, 0.2) is 21.9 Å². The van der Waals surface area contributed by atoms with Gasteiger partial charge in [0, 0.05) is 22.9 Å². The number of phenols is 1. The Morgan fingerprint density at radius 2 is 2.26 bits per heavy atom. The molecule has 1 amide bonds. The van der Waals surface area contributed by atoms with Gasteiger partial charge in [0.1, 0.15) is 7.11 Å². The molecule has 2 aromatic rings. The van der Waals surface area contributed by atoms with Crippen LogP contribution in [0.25, 0.3) is 0 Å². The second-order valence-corrected chi connectivity index (χ2v) is 12.5. The number of nitrogens with one attached hydrogen (secondary N) is 1. The van der Waals surface area contributed by atoms with Crippen molar-refractivity contribution in [2.24, 2.45) is 28.3 Å². The Labute approximate surface area is 217 Å². The second kappa shape index (κ2) is 9.47. The van der Waals surface area contributed by atoms with E-state index < -0.39 is 5.82 Å². The first-order chi connectivity index (χ1) is 16.7. The molecule has 2 fully saturated rings. The summed E-state index contributed by atoms with van der Waals surface area (Å²) in [7, 11) is 1.59. The molecule has 2 saturated carbocycles.